The number of nitriles is 1. The van der Waals surface area contributed by atoms with Gasteiger partial charge in [-0.25, -0.2) is 5.01 Å². The zero-order valence-electron chi connectivity index (χ0n) is 11.5. The molecular formula is C13H16N4O2. The summed E-state index contributed by atoms with van der Waals surface area (Å²) in [6.45, 7) is 4.72. The molecule has 6 nitrogen and oxygen atoms in total. The number of likely N-dealkylation sites (N-methyl/N-ethyl adjacent to an activating group) is 2. The lowest BCUT2D eigenvalue weighted by Gasteiger charge is -2.25. The van der Waals surface area contributed by atoms with Crippen molar-refractivity contribution in [2.24, 2.45) is 5.10 Å². The second kappa shape index (κ2) is 4.43. The van der Waals surface area contributed by atoms with Gasteiger partial charge in [0.2, 0.25) is 0 Å². The molecule has 0 atom stereocenters. The fourth-order valence-corrected chi connectivity index (χ4v) is 1.81. The number of carbonyl (C=O) groups excluding carboxylic acids is 1. The van der Waals surface area contributed by atoms with Crippen LogP contribution in [0, 0.1) is 11.3 Å². The molecule has 1 fully saturated rings. The van der Waals surface area contributed by atoms with Gasteiger partial charge in [-0.3, -0.25) is 4.79 Å². The predicted molar refractivity (Wildman–Crippen MR) is 69.8 cm³/mol. The van der Waals surface area contributed by atoms with Gasteiger partial charge in [-0.15, -0.1) is 0 Å². The number of carbonyl (C=O) groups is 1. The van der Waals surface area contributed by atoms with Crippen LogP contribution in [0.1, 0.15) is 13.8 Å². The van der Waals surface area contributed by atoms with Gasteiger partial charge in [0, 0.05) is 14.1 Å². The fourth-order valence-electron chi connectivity index (χ4n) is 1.81. The van der Waals surface area contributed by atoms with Crippen molar-refractivity contribution < 1.29 is 9.53 Å². The van der Waals surface area contributed by atoms with Crippen molar-refractivity contribution in [3.05, 3.63) is 23.6 Å². The molecule has 2 rings (SSSR count). The summed E-state index contributed by atoms with van der Waals surface area (Å²) in [7, 11) is 3.45. The van der Waals surface area contributed by atoms with E-state index in [1.54, 1.807) is 12.2 Å². The Kier molecular flexibility index (Phi) is 3.06. The third-order valence-corrected chi connectivity index (χ3v) is 3.34. The second-order valence-electron chi connectivity index (χ2n) is 5.13. The number of ether oxygens (including phenoxy) is 1. The minimum Gasteiger partial charge on any atom is -0.477 e. The van der Waals surface area contributed by atoms with E-state index in [2.05, 4.69) is 18.9 Å². The summed E-state index contributed by atoms with van der Waals surface area (Å²) >= 11 is 0. The Balaban J connectivity index is 2.27. The average molecular weight is 260 g/mol. The van der Waals surface area contributed by atoms with Crippen molar-refractivity contribution in [1.29, 1.82) is 5.26 Å². The van der Waals surface area contributed by atoms with Gasteiger partial charge in [-0.05, 0) is 26.0 Å². The second-order valence-corrected chi connectivity index (χ2v) is 5.13. The molecule has 19 heavy (non-hydrogen) atoms. The summed E-state index contributed by atoms with van der Waals surface area (Å²) in [5.74, 6) is 0.394. The number of amides is 1. The Morgan fingerprint density at radius 3 is 2.63 bits per heavy atom. The van der Waals surface area contributed by atoms with Crippen LogP contribution in [0.15, 0.2) is 28.7 Å². The first-order chi connectivity index (χ1) is 8.86. The lowest BCUT2D eigenvalue weighted by molar-refractivity contribution is -0.124. The molecule has 0 aromatic carbocycles. The number of hydrazone groups is 1. The minimum absolute atomic E-state index is 0.0764. The molecule has 0 saturated carbocycles. The molecule has 2 aliphatic rings. The van der Waals surface area contributed by atoms with Gasteiger partial charge in [0.25, 0.3) is 5.91 Å². The molecular weight excluding hydrogens is 244 g/mol. The van der Waals surface area contributed by atoms with E-state index in [9.17, 15) is 4.79 Å². The van der Waals surface area contributed by atoms with E-state index in [0.717, 1.165) is 5.01 Å². The summed E-state index contributed by atoms with van der Waals surface area (Å²) < 4.78 is 5.57. The molecule has 0 N–H and O–H groups in total. The first-order valence-electron chi connectivity index (χ1n) is 5.92. The zero-order chi connectivity index (χ0) is 14.2. The van der Waals surface area contributed by atoms with Gasteiger partial charge < -0.3 is 9.64 Å². The highest BCUT2D eigenvalue weighted by Crippen LogP contribution is 2.27. The van der Waals surface area contributed by atoms with Crippen LogP contribution >= 0.6 is 0 Å². The van der Waals surface area contributed by atoms with E-state index < -0.39 is 0 Å². The van der Waals surface area contributed by atoms with Gasteiger partial charge in [-0.2, -0.15) is 10.4 Å². The van der Waals surface area contributed by atoms with E-state index >= 15 is 0 Å². The van der Waals surface area contributed by atoms with Crippen LogP contribution in [0.2, 0.25) is 0 Å². The van der Waals surface area contributed by atoms with E-state index in [0.29, 0.717) is 18.1 Å². The molecule has 2 heterocycles. The smallest absolute Gasteiger partial charge is 0.276 e. The van der Waals surface area contributed by atoms with Crippen molar-refractivity contribution in [2.45, 2.75) is 19.4 Å². The Morgan fingerprint density at radius 2 is 2.11 bits per heavy atom. The van der Waals surface area contributed by atoms with Crippen LogP contribution in [-0.2, 0) is 9.53 Å². The van der Waals surface area contributed by atoms with Crippen LogP contribution in [0.4, 0.5) is 0 Å². The SMILES string of the molecule is CN1N=C(C#N)/C(=C\C=C2\OCC(C)(C)N2C)C1=O. The topological polar surface area (TPSA) is 68.9 Å². The molecule has 0 aliphatic carbocycles. The van der Waals surface area contributed by atoms with Crippen molar-refractivity contribution in [2.75, 3.05) is 20.7 Å². The first-order valence-corrected chi connectivity index (χ1v) is 5.92. The van der Waals surface area contributed by atoms with Crippen molar-refractivity contribution in [1.82, 2.24) is 9.91 Å². The number of rotatable bonds is 1. The van der Waals surface area contributed by atoms with E-state index in [-0.39, 0.29) is 17.2 Å². The highest BCUT2D eigenvalue weighted by Gasteiger charge is 2.34. The van der Waals surface area contributed by atoms with Crippen molar-refractivity contribution in [3.8, 4) is 6.07 Å². The standard InChI is InChI=1S/C13H16N4O2/c1-13(2)8-19-11(16(13)3)6-5-9-10(7-14)15-17(4)12(9)18/h5-6H,8H2,1-4H3/b9-5+,11-6+. The van der Waals surface area contributed by atoms with Gasteiger partial charge in [0.05, 0.1) is 11.1 Å². The molecule has 0 bridgehead atoms. The summed E-state index contributed by atoms with van der Waals surface area (Å²) in [4.78, 5) is 13.8. The van der Waals surface area contributed by atoms with Crippen LogP contribution in [0.3, 0.4) is 0 Å². The maximum atomic E-state index is 11.8. The van der Waals surface area contributed by atoms with Crippen molar-refractivity contribution >= 4 is 11.6 Å². The fraction of sp³-hybridized carbons (Fsp3) is 0.462. The molecule has 1 amide bonds. The zero-order valence-corrected chi connectivity index (χ0v) is 11.5. The summed E-state index contributed by atoms with van der Waals surface area (Å²) in [6.07, 6.45) is 3.29. The average Bonchev–Trinajstić information content (AvgIpc) is 2.78. The number of hydrogen-bond acceptors (Lipinski definition) is 5. The van der Waals surface area contributed by atoms with E-state index in [1.165, 1.54) is 7.05 Å². The third kappa shape index (κ3) is 2.19. The molecule has 0 unspecified atom stereocenters. The molecule has 6 heteroatoms. The Labute approximate surface area is 112 Å². The van der Waals surface area contributed by atoms with Gasteiger partial charge in [-0.1, -0.05) is 0 Å². The highest BCUT2D eigenvalue weighted by atomic mass is 16.5. The molecule has 0 radical (unpaired) electrons. The largest absolute Gasteiger partial charge is 0.477 e. The highest BCUT2D eigenvalue weighted by molar-refractivity contribution is 6.30. The minimum atomic E-state index is -0.284. The van der Waals surface area contributed by atoms with Crippen LogP contribution in [-0.4, -0.2) is 47.8 Å². The maximum Gasteiger partial charge on any atom is 0.276 e. The molecule has 0 spiro atoms. The lowest BCUT2D eigenvalue weighted by Crippen LogP contribution is -2.36. The predicted octanol–water partition coefficient (Wildman–Crippen LogP) is 0.846. The first kappa shape index (κ1) is 13.1. The van der Waals surface area contributed by atoms with Crippen molar-refractivity contribution in [3.63, 3.8) is 0 Å². The maximum absolute atomic E-state index is 11.8. The monoisotopic (exact) mass is 260 g/mol. The molecule has 0 aromatic heterocycles. The number of allylic oxidation sites excluding steroid dienone is 2. The summed E-state index contributed by atoms with van der Waals surface area (Å²) in [5.41, 5.74) is 0.343. The van der Waals surface area contributed by atoms with Gasteiger partial charge in [0.15, 0.2) is 11.6 Å². The molecule has 2 aliphatic heterocycles. The molecule has 1 saturated heterocycles. The molecule has 100 valence electrons. The Bertz CT molecular complexity index is 551. The van der Waals surface area contributed by atoms with Crippen LogP contribution in [0.25, 0.3) is 0 Å². The molecule has 0 aromatic rings. The summed E-state index contributed by atoms with van der Waals surface area (Å²) in [6, 6.07) is 1.91. The Morgan fingerprint density at radius 1 is 1.42 bits per heavy atom. The quantitative estimate of drug-likeness (QED) is 0.655. The number of hydrogen-bond donors (Lipinski definition) is 0. The van der Waals surface area contributed by atoms with Gasteiger partial charge in [0.1, 0.15) is 12.7 Å². The Hall–Kier alpha value is -2.29. The summed E-state index contributed by atoms with van der Waals surface area (Å²) in [5, 5.41) is 13.9. The van der Waals surface area contributed by atoms with E-state index in [4.69, 9.17) is 10.00 Å². The van der Waals surface area contributed by atoms with E-state index in [1.807, 2.05) is 18.0 Å². The van der Waals surface area contributed by atoms with Crippen LogP contribution < -0.4 is 0 Å². The third-order valence-electron chi connectivity index (χ3n) is 3.34. The van der Waals surface area contributed by atoms with Gasteiger partial charge >= 0.3 is 0 Å². The number of nitrogens with zero attached hydrogens (tertiary/aromatic N) is 4. The normalized spacial score (nSPS) is 25.8. The lowest BCUT2D eigenvalue weighted by atomic mass is 10.1. The van der Waals surface area contributed by atoms with Crippen LogP contribution in [0.5, 0.6) is 0 Å².